The Bertz CT molecular complexity index is 560. The van der Waals surface area contributed by atoms with E-state index in [4.69, 9.17) is 9.84 Å². The Morgan fingerprint density at radius 2 is 2.29 bits per heavy atom. The molecule has 0 saturated carbocycles. The number of carbonyl (C=O) groups is 1. The lowest BCUT2D eigenvalue weighted by molar-refractivity contribution is 0.0596. The minimum atomic E-state index is -0.461. The Kier molecular flexibility index (Phi) is 3.10. The van der Waals surface area contributed by atoms with Crippen LogP contribution in [0.25, 0.3) is 5.52 Å². The van der Waals surface area contributed by atoms with Crippen molar-refractivity contribution >= 4 is 11.5 Å². The average molecular weight is 234 g/mol. The van der Waals surface area contributed by atoms with Gasteiger partial charge in [-0.3, -0.25) is 0 Å². The summed E-state index contributed by atoms with van der Waals surface area (Å²) >= 11 is 0. The van der Waals surface area contributed by atoms with Gasteiger partial charge in [0.25, 0.3) is 0 Å². The summed E-state index contributed by atoms with van der Waals surface area (Å²) in [4.78, 5) is 15.8. The molecule has 5 nitrogen and oxygen atoms in total. The van der Waals surface area contributed by atoms with Crippen molar-refractivity contribution in [2.24, 2.45) is 0 Å². The van der Waals surface area contributed by atoms with Crippen LogP contribution in [0.5, 0.6) is 0 Å². The molecule has 0 aliphatic rings. The lowest BCUT2D eigenvalue weighted by atomic mass is 10.3. The minimum Gasteiger partial charge on any atom is -0.464 e. The fourth-order valence-electron chi connectivity index (χ4n) is 1.90. The van der Waals surface area contributed by atoms with Crippen LogP contribution in [0.1, 0.15) is 22.0 Å². The fourth-order valence-corrected chi connectivity index (χ4v) is 1.90. The predicted octanol–water partition coefficient (Wildman–Crippen LogP) is 0.964. The van der Waals surface area contributed by atoms with Gasteiger partial charge in [0.1, 0.15) is 5.82 Å². The maximum atomic E-state index is 11.6. The predicted molar refractivity (Wildman–Crippen MR) is 62.1 cm³/mol. The third kappa shape index (κ3) is 1.89. The summed E-state index contributed by atoms with van der Waals surface area (Å²) in [7, 11) is 1.33. The molecular formula is C12H14N2O3. The van der Waals surface area contributed by atoms with E-state index < -0.39 is 5.97 Å². The number of nitrogens with zero attached hydrogens (tertiary/aromatic N) is 2. The molecule has 0 saturated heterocycles. The first kappa shape index (κ1) is 11.6. The number of pyridine rings is 1. The average Bonchev–Trinajstić information content (AvgIpc) is 2.69. The minimum absolute atomic E-state index is 0.00589. The van der Waals surface area contributed by atoms with Gasteiger partial charge in [0.15, 0.2) is 5.69 Å². The summed E-state index contributed by atoms with van der Waals surface area (Å²) < 4.78 is 6.56. The van der Waals surface area contributed by atoms with Crippen molar-refractivity contribution < 1.29 is 14.6 Å². The molecule has 2 rings (SSSR count). The van der Waals surface area contributed by atoms with Gasteiger partial charge >= 0.3 is 5.97 Å². The van der Waals surface area contributed by atoms with Gasteiger partial charge in [-0.2, -0.15) is 0 Å². The molecule has 0 radical (unpaired) electrons. The molecule has 0 atom stereocenters. The normalized spacial score (nSPS) is 10.8. The van der Waals surface area contributed by atoms with E-state index in [1.54, 1.807) is 0 Å². The number of ether oxygens (including phenoxy) is 1. The Morgan fingerprint density at radius 1 is 1.53 bits per heavy atom. The highest BCUT2D eigenvalue weighted by atomic mass is 16.5. The second-order valence-corrected chi connectivity index (χ2v) is 3.73. The van der Waals surface area contributed by atoms with Crippen molar-refractivity contribution in [3.05, 3.63) is 35.4 Å². The van der Waals surface area contributed by atoms with E-state index >= 15 is 0 Å². The Morgan fingerprint density at radius 3 is 2.94 bits per heavy atom. The van der Waals surface area contributed by atoms with Crippen molar-refractivity contribution in [3.8, 4) is 0 Å². The quantitative estimate of drug-likeness (QED) is 0.803. The summed E-state index contributed by atoms with van der Waals surface area (Å²) in [5.41, 5.74) is 1.97. The van der Waals surface area contributed by atoms with Crippen molar-refractivity contribution in [3.63, 3.8) is 0 Å². The third-order valence-electron chi connectivity index (χ3n) is 2.64. The van der Waals surface area contributed by atoms with E-state index in [2.05, 4.69) is 4.98 Å². The molecule has 2 aromatic rings. The summed E-state index contributed by atoms with van der Waals surface area (Å²) in [6, 6.07) is 5.60. The van der Waals surface area contributed by atoms with E-state index in [-0.39, 0.29) is 6.61 Å². The van der Waals surface area contributed by atoms with Crippen LogP contribution in [0, 0.1) is 6.92 Å². The molecule has 0 fully saturated rings. The van der Waals surface area contributed by atoms with Gasteiger partial charge in [-0.1, -0.05) is 6.07 Å². The van der Waals surface area contributed by atoms with Crippen LogP contribution < -0.4 is 0 Å². The highest BCUT2D eigenvalue weighted by molar-refractivity contribution is 5.95. The molecule has 0 aliphatic heterocycles. The van der Waals surface area contributed by atoms with Gasteiger partial charge in [0.05, 0.1) is 19.2 Å². The number of aliphatic hydroxyl groups is 1. The monoisotopic (exact) mass is 234 g/mol. The first-order chi connectivity index (χ1) is 8.19. The standard InChI is InChI=1S/C12H14N2O3/c1-8-4-3-5-9-11(12(16)17-2)13-10(6-7-15)14(8)9/h3-5,15H,6-7H2,1-2H3. The van der Waals surface area contributed by atoms with Gasteiger partial charge in [-0.15, -0.1) is 0 Å². The molecule has 5 heteroatoms. The molecule has 0 amide bonds. The molecule has 0 aromatic carbocycles. The Balaban J connectivity index is 2.70. The summed E-state index contributed by atoms with van der Waals surface area (Å²) in [5, 5.41) is 9.01. The van der Waals surface area contributed by atoms with Gasteiger partial charge in [-0.25, -0.2) is 9.78 Å². The number of esters is 1. The molecule has 1 N–H and O–H groups in total. The molecule has 0 spiro atoms. The van der Waals surface area contributed by atoms with E-state index in [0.717, 1.165) is 5.69 Å². The number of methoxy groups -OCH3 is 1. The third-order valence-corrected chi connectivity index (χ3v) is 2.64. The van der Waals surface area contributed by atoms with Crippen LogP contribution in [0.2, 0.25) is 0 Å². The van der Waals surface area contributed by atoms with Crippen LogP contribution >= 0.6 is 0 Å². The van der Waals surface area contributed by atoms with Crippen molar-refractivity contribution in [2.45, 2.75) is 13.3 Å². The summed E-state index contributed by atoms with van der Waals surface area (Å²) in [6.45, 7) is 1.92. The number of imidazole rings is 1. The van der Waals surface area contributed by atoms with Crippen molar-refractivity contribution in [1.82, 2.24) is 9.38 Å². The lowest BCUT2D eigenvalue weighted by Crippen LogP contribution is -2.02. The van der Waals surface area contributed by atoms with Gasteiger partial charge < -0.3 is 14.2 Å². The zero-order valence-corrected chi connectivity index (χ0v) is 9.80. The zero-order valence-electron chi connectivity index (χ0n) is 9.80. The molecule has 0 unspecified atom stereocenters. The molecule has 2 aromatic heterocycles. The maximum Gasteiger partial charge on any atom is 0.358 e. The highest BCUT2D eigenvalue weighted by Gasteiger charge is 2.18. The number of rotatable bonds is 3. The van der Waals surface area contributed by atoms with Gasteiger partial charge in [-0.05, 0) is 19.1 Å². The number of fused-ring (bicyclic) bond motifs is 1. The number of aliphatic hydroxyl groups excluding tert-OH is 1. The second-order valence-electron chi connectivity index (χ2n) is 3.73. The van der Waals surface area contributed by atoms with Crippen LogP contribution in [0.3, 0.4) is 0 Å². The largest absolute Gasteiger partial charge is 0.464 e. The van der Waals surface area contributed by atoms with E-state index in [0.29, 0.717) is 23.5 Å². The van der Waals surface area contributed by atoms with Crippen LogP contribution in [0.15, 0.2) is 18.2 Å². The number of carbonyl (C=O) groups excluding carboxylic acids is 1. The van der Waals surface area contributed by atoms with E-state index in [1.807, 2.05) is 29.5 Å². The van der Waals surface area contributed by atoms with E-state index in [9.17, 15) is 4.79 Å². The molecular weight excluding hydrogens is 220 g/mol. The number of aromatic nitrogens is 2. The van der Waals surface area contributed by atoms with Crippen molar-refractivity contribution in [2.75, 3.05) is 13.7 Å². The first-order valence-electron chi connectivity index (χ1n) is 5.35. The van der Waals surface area contributed by atoms with Gasteiger partial charge in [0.2, 0.25) is 0 Å². The SMILES string of the molecule is COC(=O)c1nc(CCO)n2c(C)cccc12. The molecule has 17 heavy (non-hydrogen) atoms. The molecule has 90 valence electrons. The topological polar surface area (TPSA) is 63.8 Å². The zero-order chi connectivity index (χ0) is 12.4. The Hall–Kier alpha value is -1.88. The summed E-state index contributed by atoms with van der Waals surface area (Å²) in [5.74, 6) is 0.207. The smallest absolute Gasteiger partial charge is 0.358 e. The van der Waals surface area contributed by atoms with Crippen LogP contribution in [0.4, 0.5) is 0 Å². The van der Waals surface area contributed by atoms with E-state index in [1.165, 1.54) is 7.11 Å². The van der Waals surface area contributed by atoms with Crippen LogP contribution in [-0.2, 0) is 11.2 Å². The van der Waals surface area contributed by atoms with Gasteiger partial charge in [0, 0.05) is 12.1 Å². The first-order valence-corrected chi connectivity index (χ1v) is 5.35. The maximum absolute atomic E-state index is 11.6. The number of hydrogen-bond donors (Lipinski definition) is 1. The number of aryl methyl sites for hydroxylation is 1. The van der Waals surface area contributed by atoms with Crippen LogP contribution in [-0.4, -0.2) is 34.2 Å². The highest BCUT2D eigenvalue weighted by Crippen LogP contribution is 2.17. The fraction of sp³-hybridized carbons (Fsp3) is 0.333. The van der Waals surface area contributed by atoms with Crippen molar-refractivity contribution in [1.29, 1.82) is 0 Å². The lowest BCUT2D eigenvalue weighted by Gasteiger charge is -2.03. The summed E-state index contributed by atoms with van der Waals surface area (Å²) in [6.07, 6.45) is 0.406. The molecule has 0 bridgehead atoms. The Labute approximate surface area is 98.7 Å². The number of hydrogen-bond acceptors (Lipinski definition) is 4. The second kappa shape index (κ2) is 4.55. The molecule has 2 heterocycles. The molecule has 0 aliphatic carbocycles.